The third kappa shape index (κ3) is 3.95. The van der Waals surface area contributed by atoms with Gasteiger partial charge in [-0.15, -0.1) is 0 Å². The molecule has 1 atom stereocenters. The van der Waals surface area contributed by atoms with Crippen LogP contribution in [-0.2, 0) is 11.4 Å². The van der Waals surface area contributed by atoms with Crippen molar-refractivity contribution < 1.29 is 24.0 Å². The number of rotatable bonds is 7. The lowest BCUT2D eigenvalue weighted by atomic mass is 10.1. The highest BCUT2D eigenvalue weighted by molar-refractivity contribution is 6.00. The molecular weight excluding hydrogens is 364 g/mol. The Balaban J connectivity index is 1.93. The predicted octanol–water partition coefficient (Wildman–Crippen LogP) is 2.99. The van der Waals surface area contributed by atoms with Crippen LogP contribution in [0.3, 0.4) is 0 Å². The van der Waals surface area contributed by atoms with E-state index in [0.717, 1.165) is 5.56 Å². The van der Waals surface area contributed by atoms with Gasteiger partial charge in [-0.05, 0) is 18.4 Å². The minimum atomic E-state index is -0.631. The van der Waals surface area contributed by atoms with E-state index in [-0.39, 0.29) is 29.4 Å². The number of hydrogen-bond donors (Lipinski definition) is 0. The number of aldehydes is 1. The summed E-state index contributed by atoms with van der Waals surface area (Å²) in [7, 11) is 1.40. The number of nitro benzene ring substituents is 1. The summed E-state index contributed by atoms with van der Waals surface area (Å²) in [5, 5.41) is 11.6. The Hall–Kier alpha value is -3.42. The Morgan fingerprint density at radius 1 is 1.29 bits per heavy atom. The number of methoxy groups -OCH3 is 1. The third-order valence-corrected chi connectivity index (χ3v) is 4.66. The molecule has 0 radical (unpaired) electrons. The molecule has 1 saturated heterocycles. The van der Waals surface area contributed by atoms with Crippen LogP contribution >= 0.6 is 0 Å². The van der Waals surface area contributed by atoms with Crippen molar-refractivity contribution in [2.24, 2.45) is 0 Å². The predicted molar refractivity (Wildman–Crippen MR) is 101 cm³/mol. The van der Waals surface area contributed by atoms with Crippen LogP contribution in [0.1, 0.15) is 28.8 Å². The highest BCUT2D eigenvalue weighted by Crippen LogP contribution is 2.36. The molecule has 2 aromatic carbocycles. The number of carbonyl (C=O) groups is 2. The minimum absolute atomic E-state index is 0.123. The van der Waals surface area contributed by atoms with Gasteiger partial charge in [0.1, 0.15) is 18.5 Å². The zero-order valence-electron chi connectivity index (χ0n) is 15.4. The Morgan fingerprint density at radius 3 is 2.68 bits per heavy atom. The summed E-state index contributed by atoms with van der Waals surface area (Å²) >= 11 is 0. The molecule has 146 valence electrons. The van der Waals surface area contributed by atoms with Crippen molar-refractivity contribution in [3.8, 4) is 11.5 Å². The molecule has 8 heteroatoms. The van der Waals surface area contributed by atoms with E-state index in [1.54, 1.807) is 0 Å². The Morgan fingerprint density at radius 2 is 2.04 bits per heavy atom. The largest absolute Gasteiger partial charge is 0.493 e. The van der Waals surface area contributed by atoms with Crippen molar-refractivity contribution in [2.75, 3.05) is 13.7 Å². The normalized spacial score (nSPS) is 15.9. The number of nitrogens with zero attached hydrogens (tertiary/aromatic N) is 2. The third-order valence-electron chi connectivity index (χ3n) is 4.66. The van der Waals surface area contributed by atoms with Gasteiger partial charge in [-0.3, -0.25) is 14.9 Å². The van der Waals surface area contributed by atoms with Gasteiger partial charge < -0.3 is 19.2 Å². The van der Waals surface area contributed by atoms with Crippen molar-refractivity contribution >= 4 is 17.9 Å². The Kier molecular flexibility index (Phi) is 5.88. The smallest absolute Gasteiger partial charge is 0.286 e. The monoisotopic (exact) mass is 384 g/mol. The topological polar surface area (TPSA) is 99.0 Å². The summed E-state index contributed by atoms with van der Waals surface area (Å²) in [5.74, 6) is -0.177. The molecule has 0 bridgehead atoms. The van der Waals surface area contributed by atoms with Crippen LogP contribution in [0.2, 0.25) is 0 Å². The van der Waals surface area contributed by atoms with Crippen LogP contribution < -0.4 is 9.47 Å². The summed E-state index contributed by atoms with van der Waals surface area (Å²) in [5.41, 5.74) is 0.381. The van der Waals surface area contributed by atoms with Gasteiger partial charge in [-0.1, -0.05) is 30.3 Å². The molecule has 8 nitrogen and oxygen atoms in total. The second-order valence-corrected chi connectivity index (χ2v) is 6.40. The molecular formula is C20H20N2O6. The number of benzene rings is 2. The molecule has 28 heavy (non-hydrogen) atoms. The highest BCUT2D eigenvalue weighted by Gasteiger charge is 2.34. The van der Waals surface area contributed by atoms with Crippen LogP contribution in [0.4, 0.5) is 5.69 Å². The molecule has 0 N–H and O–H groups in total. The van der Waals surface area contributed by atoms with E-state index in [0.29, 0.717) is 25.7 Å². The van der Waals surface area contributed by atoms with Gasteiger partial charge in [0.15, 0.2) is 11.5 Å². The first-order valence-electron chi connectivity index (χ1n) is 8.84. The maximum atomic E-state index is 12.9. The molecule has 0 aromatic heterocycles. The fourth-order valence-electron chi connectivity index (χ4n) is 3.22. The number of carbonyl (C=O) groups excluding carboxylic acids is 2. The van der Waals surface area contributed by atoms with Crippen LogP contribution in [0, 0.1) is 10.1 Å². The fourth-order valence-corrected chi connectivity index (χ4v) is 3.22. The van der Waals surface area contributed by atoms with E-state index in [4.69, 9.17) is 9.47 Å². The highest BCUT2D eigenvalue weighted by atomic mass is 16.6. The second kappa shape index (κ2) is 8.51. The second-order valence-electron chi connectivity index (χ2n) is 6.40. The van der Waals surface area contributed by atoms with Crippen LogP contribution in [-0.4, -0.2) is 41.7 Å². The summed E-state index contributed by atoms with van der Waals surface area (Å²) in [4.78, 5) is 36.4. The van der Waals surface area contributed by atoms with Crippen LogP contribution in [0.5, 0.6) is 11.5 Å². The van der Waals surface area contributed by atoms with Crippen molar-refractivity contribution in [1.82, 2.24) is 4.90 Å². The number of likely N-dealkylation sites (tertiary alicyclic amines) is 1. The van der Waals surface area contributed by atoms with Crippen LogP contribution in [0.25, 0.3) is 0 Å². The van der Waals surface area contributed by atoms with Gasteiger partial charge in [0.25, 0.3) is 11.6 Å². The fraction of sp³-hybridized carbons (Fsp3) is 0.300. The van der Waals surface area contributed by atoms with Crippen molar-refractivity contribution in [3.05, 3.63) is 63.7 Å². The SMILES string of the molecule is COc1cc(C(=O)N2CCC[C@H]2C=O)c([N+](=O)[O-])cc1OCc1ccccc1. The van der Waals surface area contributed by atoms with E-state index < -0.39 is 16.9 Å². The lowest BCUT2D eigenvalue weighted by Crippen LogP contribution is -2.36. The van der Waals surface area contributed by atoms with Gasteiger partial charge in [0.2, 0.25) is 0 Å². The molecule has 1 heterocycles. The van der Waals surface area contributed by atoms with E-state index in [2.05, 4.69) is 0 Å². The minimum Gasteiger partial charge on any atom is -0.493 e. The first kappa shape index (κ1) is 19.3. The van der Waals surface area contributed by atoms with Gasteiger partial charge >= 0.3 is 0 Å². The van der Waals surface area contributed by atoms with Gasteiger partial charge in [-0.2, -0.15) is 0 Å². The van der Waals surface area contributed by atoms with Crippen molar-refractivity contribution in [1.29, 1.82) is 0 Å². The molecule has 3 rings (SSSR count). The summed E-state index contributed by atoms with van der Waals surface area (Å²) in [6.07, 6.45) is 1.93. The Labute approximate surface area is 161 Å². The van der Waals surface area contributed by atoms with Gasteiger partial charge in [0, 0.05) is 12.6 Å². The summed E-state index contributed by atoms with van der Waals surface area (Å²) in [6, 6.07) is 11.3. The van der Waals surface area contributed by atoms with Gasteiger partial charge in [0.05, 0.1) is 24.1 Å². The average Bonchev–Trinajstić information content (AvgIpc) is 3.20. The number of ether oxygens (including phenoxy) is 2. The molecule has 1 amide bonds. The van der Waals surface area contributed by atoms with Gasteiger partial charge in [-0.25, -0.2) is 0 Å². The number of amides is 1. The molecule has 0 spiro atoms. The summed E-state index contributed by atoms with van der Waals surface area (Å²) in [6.45, 7) is 0.578. The molecule has 1 aliphatic rings. The molecule has 0 aliphatic carbocycles. The maximum Gasteiger partial charge on any atom is 0.286 e. The molecule has 1 aliphatic heterocycles. The molecule has 2 aromatic rings. The van der Waals surface area contributed by atoms with Crippen molar-refractivity contribution in [2.45, 2.75) is 25.5 Å². The quantitative estimate of drug-likeness (QED) is 0.413. The molecule has 0 saturated carbocycles. The number of hydrogen-bond acceptors (Lipinski definition) is 6. The lowest BCUT2D eigenvalue weighted by Gasteiger charge is -2.21. The average molecular weight is 384 g/mol. The Bertz CT molecular complexity index is 884. The van der Waals surface area contributed by atoms with Crippen molar-refractivity contribution in [3.63, 3.8) is 0 Å². The van der Waals surface area contributed by atoms with E-state index in [1.807, 2.05) is 30.3 Å². The first-order valence-corrected chi connectivity index (χ1v) is 8.84. The zero-order valence-corrected chi connectivity index (χ0v) is 15.4. The lowest BCUT2D eigenvalue weighted by molar-refractivity contribution is -0.385. The molecule has 1 fully saturated rings. The number of nitro groups is 1. The maximum absolute atomic E-state index is 12.9. The zero-order chi connectivity index (χ0) is 20.1. The van der Waals surface area contributed by atoms with E-state index >= 15 is 0 Å². The van der Waals surface area contributed by atoms with Crippen LogP contribution in [0.15, 0.2) is 42.5 Å². The standard InChI is InChI=1S/C20H20N2O6/c1-27-18-10-16(20(24)21-9-5-8-15(21)12-23)17(22(25)26)11-19(18)28-13-14-6-3-2-4-7-14/h2-4,6-7,10-12,15H,5,8-9,13H2,1H3/t15-/m0/s1. The van der Waals surface area contributed by atoms with E-state index in [1.165, 1.54) is 24.1 Å². The summed E-state index contributed by atoms with van der Waals surface area (Å²) < 4.78 is 11.0. The molecule has 0 unspecified atom stereocenters. The first-order chi connectivity index (χ1) is 13.5. The van der Waals surface area contributed by atoms with E-state index in [9.17, 15) is 19.7 Å².